The lowest BCUT2D eigenvalue weighted by Crippen LogP contribution is -2.42. The van der Waals surface area contributed by atoms with Crippen LogP contribution in [0.3, 0.4) is 0 Å². The molecule has 81 valence electrons. The third kappa shape index (κ3) is 2.46. The van der Waals surface area contributed by atoms with Crippen LogP contribution in [0, 0.1) is 17.5 Å². The van der Waals surface area contributed by atoms with Gasteiger partial charge in [-0.05, 0) is 18.4 Å². The van der Waals surface area contributed by atoms with Crippen molar-refractivity contribution >= 4 is 5.91 Å². The molecule has 0 aliphatic heterocycles. The second kappa shape index (κ2) is 3.88. The first-order valence-electron chi connectivity index (χ1n) is 4.67. The van der Waals surface area contributed by atoms with Gasteiger partial charge in [0.15, 0.2) is 6.20 Å². The van der Waals surface area contributed by atoms with Gasteiger partial charge in [-0.1, -0.05) is 13.8 Å². The molecule has 1 radical (unpaired) electrons. The maximum absolute atomic E-state index is 11.5. The van der Waals surface area contributed by atoms with Crippen molar-refractivity contribution < 1.29 is 9.52 Å². The van der Waals surface area contributed by atoms with Crippen LogP contribution in [0.2, 0.25) is 0 Å². The van der Waals surface area contributed by atoms with E-state index in [4.69, 9.17) is 5.73 Å². The highest BCUT2D eigenvalue weighted by molar-refractivity contribution is 5.82. The molecule has 1 unspecified atom stereocenters. The number of amides is 1. The maximum atomic E-state index is 11.5. The standard InChI is InChI=1S/C11H15N2O2/c1-11(2,3)9(10(12)14)8-6-4-5-7-13(8)15/h4-7,9H,1H2,2-3H3,(H2,12,14). The van der Waals surface area contributed by atoms with Crippen LogP contribution in [0.1, 0.15) is 25.5 Å². The molecule has 15 heavy (non-hydrogen) atoms. The molecule has 1 aromatic heterocycles. The number of nitrogens with two attached hydrogens (primary N) is 1. The van der Waals surface area contributed by atoms with Crippen LogP contribution >= 0.6 is 0 Å². The molecule has 4 nitrogen and oxygen atoms in total. The minimum Gasteiger partial charge on any atom is -0.618 e. The molecule has 4 heteroatoms. The fourth-order valence-electron chi connectivity index (χ4n) is 1.60. The summed E-state index contributed by atoms with van der Waals surface area (Å²) in [5.74, 6) is -1.22. The van der Waals surface area contributed by atoms with E-state index in [1.807, 2.05) is 0 Å². The highest BCUT2D eigenvalue weighted by atomic mass is 16.5. The van der Waals surface area contributed by atoms with Crippen molar-refractivity contribution in [3.63, 3.8) is 0 Å². The summed E-state index contributed by atoms with van der Waals surface area (Å²) in [6.45, 7) is 7.40. The first-order valence-corrected chi connectivity index (χ1v) is 4.67. The Kier molecular flexibility index (Phi) is 2.98. The zero-order valence-electron chi connectivity index (χ0n) is 8.93. The van der Waals surface area contributed by atoms with E-state index in [9.17, 15) is 10.0 Å². The lowest BCUT2D eigenvalue weighted by molar-refractivity contribution is -0.615. The number of nitrogens with zero attached hydrogens (tertiary/aromatic N) is 1. The van der Waals surface area contributed by atoms with E-state index < -0.39 is 17.2 Å². The van der Waals surface area contributed by atoms with Gasteiger partial charge in [0.2, 0.25) is 11.6 Å². The summed E-state index contributed by atoms with van der Waals surface area (Å²) in [4.78, 5) is 11.3. The van der Waals surface area contributed by atoms with Crippen molar-refractivity contribution in [2.24, 2.45) is 11.1 Å². The predicted octanol–water partition coefficient (Wildman–Crippen LogP) is 0.749. The summed E-state index contributed by atoms with van der Waals surface area (Å²) < 4.78 is 0.655. The smallest absolute Gasteiger partial charge is 0.231 e. The molecule has 0 aromatic carbocycles. The van der Waals surface area contributed by atoms with Crippen LogP contribution in [0.25, 0.3) is 0 Å². The monoisotopic (exact) mass is 207 g/mol. The van der Waals surface area contributed by atoms with Gasteiger partial charge in [0.05, 0.1) is 0 Å². The summed E-state index contributed by atoms with van der Waals surface area (Å²) >= 11 is 0. The van der Waals surface area contributed by atoms with Gasteiger partial charge in [0.1, 0.15) is 5.92 Å². The number of carbonyl (C=O) groups is 1. The third-order valence-electron chi connectivity index (χ3n) is 2.22. The van der Waals surface area contributed by atoms with E-state index in [2.05, 4.69) is 6.92 Å². The van der Waals surface area contributed by atoms with Crippen molar-refractivity contribution in [2.45, 2.75) is 19.8 Å². The summed E-state index contributed by atoms with van der Waals surface area (Å²) in [5.41, 5.74) is 5.02. The van der Waals surface area contributed by atoms with E-state index in [0.29, 0.717) is 10.4 Å². The maximum Gasteiger partial charge on any atom is 0.231 e. The number of carbonyl (C=O) groups excluding carboxylic acids is 1. The van der Waals surface area contributed by atoms with Crippen molar-refractivity contribution in [1.82, 2.24) is 0 Å². The van der Waals surface area contributed by atoms with E-state index in [1.165, 1.54) is 6.20 Å². The van der Waals surface area contributed by atoms with Crippen LogP contribution < -0.4 is 10.5 Å². The Bertz CT molecular complexity index is 369. The lowest BCUT2D eigenvalue weighted by Gasteiger charge is -2.26. The summed E-state index contributed by atoms with van der Waals surface area (Å²) in [7, 11) is 0. The normalized spacial score (nSPS) is 13.5. The van der Waals surface area contributed by atoms with Gasteiger partial charge in [-0.15, -0.1) is 0 Å². The average molecular weight is 207 g/mol. The summed E-state index contributed by atoms with van der Waals surface area (Å²) in [6.07, 6.45) is 1.34. The Labute approximate surface area is 89.3 Å². The van der Waals surface area contributed by atoms with Crippen molar-refractivity contribution in [2.75, 3.05) is 0 Å². The SMILES string of the molecule is [CH2]C(C)(C)C(C(N)=O)c1cccc[n+]1[O-]. The predicted molar refractivity (Wildman–Crippen MR) is 56.5 cm³/mol. The first-order chi connectivity index (χ1) is 6.84. The molecule has 0 bridgehead atoms. The summed E-state index contributed by atoms with van der Waals surface area (Å²) in [5, 5.41) is 11.5. The van der Waals surface area contributed by atoms with Gasteiger partial charge in [0, 0.05) is 12.1 Å². The van der Waals surface area contributed by atoms with Crippen LogP contribution in [0.15, 0.2) is 24.4 Å². The van der Waals surface area contributed by atoms with E-state index in [1.54, 1.807) is 32.0 Å². The Morgan fingerprint density at radius 3 is 2.60 bits per heavy atom. The minimum atomic E-state index is -0.684. The number of rotatable bonds is 3. The summed E-state index contributed by atoms with van der Waals surface area (Å²) in [6, 6.07) is 4.89. The van der Waals surface area contributed by atoms with Gasteiger partial charge < -0.3 is 10.9 Å². The third-order valence-corrected chi connectivity index (χ3v) is 2.22. The zero-order valence-corrected chi connectivity index (χ0v) is 8.93. The van der Waals surface area contributed by atoms with Crippen molar-refractivity contribution in [3.8, 4) is 0 Å². The fourth-order valence-corrected chi connectivity index (χ4v) is 1.60. The number of aromatic nitrogens is 1. The number of primary amides is 1. The average Bonchev–Trinajstić information content (AvgIpc) is 2.05. The molecule has 0 saturated carbocycles. The number of hydrogen-bond donors (Lipinski definition) is 1. The molecule has 0 aliphatic carbocycles. The van der Waals surface area contributed by atoms with Crippen LogP contribution in [0.5, 0.6) is 0 Å². The Hall–Kier alpha value is -1.58. The zero-order chi connectivity index (χ0) is 11.6. The molecule has 0 spiro atoms. The first kappa shape index (κ1) is 11.5. The molecule has 1 atom stereocenters. The molecule has 2 N–H and O–H groups in total. The van der Waals surface area contributed by atoms with Crippen molar-refractivity contribution in [1.29, 1.82) is 0 Å². The van der Waals surface area contributed by atoms with Crippen molar-refractivity contribution in [3.05, 3.63) is 42.2 Å². The Balaban J connectivity index is 3.23. The van der Waals surface area contributed by atoms with Crippen LogP contribution in [-0.4, -0.2) is 5.91 Å². The quantitative estimate of drug-likeness (QED) is 0.587. The molecular formula is C11H15N2O2. The molecule has 1 aromatic rings. The molecular weight excluding hydrogens is 192 g/mol. The largest absolute Gasteiger partial charge is 0.618 e. The van der Waals surface area contributed by atoms with Gasteiger partial charge in [0.25, 0.3) is 0 Å². The van der Waals surface area contributed by atoms with E-state index in [-0.39, 0.29) is 0 Å². The second-order valence-electron chi connectivity index (χ2n) is 4.28. The molecule has 0 fully saturated rings. The van der Waals surface area contributed by atoms with Crippen LogP contribution in [-0.2, 0) is 4.79 Å². The highest BCUT2D eigenvalue weighted by Crippen LogP contribution is 2.32. The van der Waals surface area contributed by atoms with E-state index >= 15 is 0 Å². The van der Waals surface area contributed by atoms with E-state index in [0.717, 1.165) is 0 Å². The van der Waals surface area contributed by atoms with Crippen LogP contribution in [0.4, 0.5) is 0 Å². The van der Waals surface area contributed by atoms with Gasteiger partial charge in [-0.3, -0.25) is 4.79 Å². The molecule has 0 saturated heterocycles. The van der Waals surface area contributed by atoms with Gasteiger partial charge in [-0.25, -0.2) is 0 Å². The minimum absolute atomic E-state index is 0.338. The number of pyridine rings is 1. The second-order valence-corrected chi connectivity index (χ2v) is 4.28. The highest BCUT2D eigenvalue weighted by Gasteiger charge is 2.36. The molecule has 1 heterocycles. The Morgan fingerprint density at radius 2 is 2.20 bits per heavy atom. The number of hydrogen-bond acceptors (Lipinski definition) is 2. The topological polar surface area (TPSA) is 70.0 Å². The Morgan fingerprint density at radius 1 is 1.60 bits per heavy atom. The molecule has 1 rings (SSSR count). The molecule has 1 amide bonds. The lowest BCUT2D eigenvalue weighted by atomic mass is 9.78. The van der Waals surface area contributed by atoms with Gasteiger partial charge >= 0.3 is 0 Å². The van der Waals surface area contributed by atoms with Gasteiger partial charge in [-0.2, -0.15) is 4.73 Å². The molecule has 0 aliphatic rings. The fraction of sp³-hybridized carbons (Fsp3) is 0.364.